The van der Waals surface area contributed by atoms with Crippen LogP contribution in [-0.4, -0.2) is 27.1 Å². The van der Waals surface area contributed by atoms with Gasteiger partial charge < -0.3 is 11.1 Å². The van der Waals surface area contributed by atoms with Gasteiger partial charge in [-0.2, -0.15) is 5.10 Å². The van der Waals surface area contributed by atoms with Gasteiger partial charge in [0.1, 0.15) is 0 Å². The number of hydrogen-bond acceptors (Lipinski definition) is 4. The van der Waals surface area contributed by atoms with Crippen LogP contribution in [0.15, 0.2) is 18.3 Å². The molecule has 27 heavy (non-hydrogen) atoms. The largest absolute Gasteiger partial charge is 0.323 e. The molecule has 0 spiro atoms. The molecule has 3 rings (SSSR count). The third kappa shape index (κ3) is 5.67. The predicted octanol–water partition coefficient (Wildman–Crippen LogP) is 4.17. The molecule has 2 aromatic rings. The summed E-state index contributed by atoms with van der Waals surface area (Å²) < 4.78 is 0. The van der Waals surface area contributed by atoms with Crippen LogP contribution < -0.4 is 11.1 Å². The monoisotopic (exact) mass is 413 g/mol. The van der Waals surface area contributed by atoms with Crippen molar-refractivity contribution < 1.29 is 4.79 Å². The Labute approximate surface area is 172 Å². The summed E-state index contributed by atoms with van der Waals surface area (Å²) >= 11 is 0. The number of carbonyl (C=O) groups is 1. The Morgan fingerprint density at radius 2 is 1.85 bits per heavy atom. The van der Waals surface area contributed by atoms with Gasteiger partial charge in [-0.25, -0.2) is 0 Å². The van der Waals surface area contributed by atoms with Crippen LogP contribution >= 0.6 is 24.8 Å². The van der Waals surface area contributed by atoms with Crippen LogP contribution in [0, 0.1) is 19.8 Å². The first-order valence-electron chi connectivity index (χ1n) is 9.10. The Bertz CT molecular complexity index is 705. The standard InChI is InChI=1S/C19H27N5O.2ClH/c1-12-17(13(2)24-23-12)16-10-9-15(11-21-16)22-19(25)18(20)14-7-5-3-4-6-8-14;;/h9-11,14,18H,3-8,20H2,1-2H3,(H,22,25)(H,23,24);2*1H/t18-;;/m0../s1. The predicted molar refractivity (Wildman–Crippen MR) is 114 cm³/mol. The quantitative estimate of drug-likeness (QED) is 0.655. The number of carbonyl (C=O) groups excluding carboxylic acids is 1. The molecule has 1 aliphatic carbocycles. The minimum Gasteiger partial charge on any atom is -0.323 e. The molecule has 1 aliphatic rings. The maximum absolute atomic E-state index is 12.5. The van der Waals surface area contributed by atoms with Crippen molar-refractivity contribution >= 4 is 36.4 Å². The molecular formula is C19H29Cl2N5O. The van der Waals surface area contributed by atoms with Crippen molar-refractivity contribution in [3.05, 3.63) is 29.7 Å². The van der Waals surface area contributed by atoms with Crippen molar-refractivity contribution in [2.24, 2.45) is 11.7 Å². The van der Waals surface area contributed by atoms with Gasteiger partial charge in [0.15, 0.2) is 0 Å². The summed E-state index contributed by atoms with van der Waals surface area (Å²) in [7, 11) is 0. The normalized spacial score (nSPS) is 15.8. The van der Waals surface area contributed by atoms with Crippen LogP contribution in [0.1, 0.15) is 49.9 Å². The Kier molecular flexibility index (Phi) is 9.22. The summed E-state index contributed by atoms with van der Waals surface area (Å²) in [5.74, 6) is 0.170. The summed E-state index contributed by atoms with van der Waals surface area (Å²) in [5.41, 5.74) is 10.6. The maximum atomic E-state index is 12.5. The summed E-state index contributed by atoms with van der Waals surface area (Å²) in [6.45, 7) is 3.92. The first-order chi connectivity index (χ1) is 12.1. The zero-order valence-electron chi connectivity index (χ0n) is 15.8. The number of nitrogens with zero attached hydrogens (tertiary/aromatic N) is 2. The van der Waals surface area contributed by atoms with Gasteiger partial charge in [-0.3, -0.25) is 14.9 Å². The van der Waals surface area contributed by atoms with Crippen LogP contribution in [0.25, 0.3) is 11.3 Å². The molecule has 2 aromatic heterocycles. The van der Waals surface area contributed by atoms with Gasteiger partial charge in [-0.1, -0.05) is 25.7 Å². The van der Waals surface area contributed by atoms with E-state index in [0.29, 0.717) is 5.69 Å². The molecule has 4 N–H and O–H groups in total. The van der Waals surface area contributed by atoms with E-state index in [9.17, 15) is 4.79 Å². The summed E-state index contributed by atoms with van der Waals surface area (Å²) in [6, 6.07) is 3.32. The van der Waals surface area contributed by atoms with Crippen LogP contribution in [0.4, 0.5) is 5.69 Å². The van der Waals surface area contributed by atoms with Gasteiger partial charge in [0, 0.05) is 11.3 Å². The number of amides is 1. The van der Waals surface area contributed by atoms with Gasteiger partial charge in [0.2, 0.25) is 5.91 Å². The molecule has 1 saturated carbocycles. The fourth-order valence-electron chi connectivity index (χ4n) is 3.65. The number of aromatic nitrogens is 3. The van der Waals surface area contributed by atoms with E-state index in [-0.39, 0.29) is 36.6 Å². The number of pyridine rings is 1. The van der Waals surface area contributed by atoms with E-state index in [2.05, 4.69) is 20.5 Å². The lowest BCUT2D eigenvalue weighted by atomic mass is 9.92. The second kappa shape index (κ2) is 10.6. The molecule has 1 atom stereocenters. The van der Waals surface area contributed by atoms with Crippen LogP contribution in [0.3, 0.4) is 0 Å². The van der Waals surface area contributed by atoms with Gasteiger partial charge in [-0.05, 0) is 44.7 Å². The highest BCUT2D eigenvalue weighted by Gasteiger charge is 2.25. The van der Waals surface area contributed by atoms with E-state index in [1.165, 1.54) is 25.7 Å². The van der Waals surface area contributed by atoms with Crippen LogP contribution in [0.2, 0.25) is 0 Å². The number of nitrogens with one attached hydrogen (secondary N) is 2. The van der Waals surface area contributed by atoms with Crippen molar-refractivity contribution in [2.75, 3.05) is 5.32 Å². The van der Waals surface area contributed by atoms with Gasteiger partial charge in [0.25, 0.3) is 0 Å². The van der Waals surface area contributed by atoms with Gasteiger partial charge in [-0.15, -0.1) is 24.8 Å². The van der Waals surface area contributed by atoms with Crippen molar-refractivity contribution in [1.29, 1.82) is 0 Å². The van der Waals surface area contributed by atoms with Crippen molar-refractivity contribution in [3.8, 4) is 11.3 Å². The molecular weight excluding hydrogens is 385 g/mol. The molecule has 1 fully saturated rings. The lowest BCUT2D eigenvalue weighted by Gasteiger charge is -2.21. The van der Waals surface area contributed by atoms with E-state index in [0.717, 1.165) is 35.5 Å². The lowest BCUT2D eigenvalue weighted by molar-refractivity contribution is -0.118. The Morgan fingerprint density at radius 1 is 1.19 bits per heavy atom. The van der Waals surface area contributed by atoms with E-state index < -0.39 is 6.04 Å². The summed E-state index contributed by atoms with van der Waals surface area (Å²) in [4.78, 5) is 16.9. The third-order valence-corrected chi connectivity index (χ3v) is 5.13. The molecule has 0 unspecified atom stereocenters. The molecule has 0 bridgehead atoms. The minimum atomic E-state index is -0.448. The van der Waals surface area contributed by atoms with Crippen LogP contribution in [-0.2, 0) is 4.79 Å². The van der Waals surface area contributed by atoms with E-state index in [4.69, 9.17) is 5.73 Å². The first-order valence-corrected chi connectivity index (χ1v) is 9.10. The molecule has 8 heteroatoms. The summed E-state index contributed by atoms with van der Waals surface area (Å²) in [5, 5.41) is 10.1. The number of anilines is 1. The number of rotatable bonds is 4. The molecule has 150 valence electrons. The van der Waals surface area contributed by atoms with Gasteiger partial charge >= 0.3 is 0 Å². The number of aromatic amines is 1. The van der Waals surface area contributed by atoms with Crippen molar-refractivity contribution in [2.45, 2.75) is 58.4 Å². The second-order valence-electron chi connectivity index (χ2n) is 7.01. The molecule has 0 radical (unpaired) electrons. The number of aryl methyl sites for hydroxylation is 2. The van der Waals surface area contributed by atoms with Crippen molar-refractivity contribution in [1.82, 2.24) is 15.2 Å². The average Bonchev–Trinajstić information content (AvgIpc) is 2.82. The molecule has 0 aliphatic heterocycles. The fraction of sp³-hybridized carbons (Fsp3) is 0.526. The third-order valence-electron chi connectivity index (χ3n) is 5.13. The summed E-state index contributed by atoms with van der Waals surface area (Å²) in [6.07, 6.45) is 8.62. The Hall–Kier alpha value is -1.63. The van der Waals surface area contributed by atoms with E-state index in [1.54, 1.807) is 6.20 Å². The molecule has 6 nitrogen and oxygen atoms in total. The van der Waals surface area contributed by atoms with Gasteiger partial charge in [0.05, 0.1) is 29.3 Å². The highest BCUT2D eigenvalue weighted by Crippen LogP contribution is 2.26. The second-order valence-corrected chi connectivity index (χ2v) is 7.01. The number of nitrogens with two attached hydrogens (primary N) is 1. The van der Waals surface area contributed by atoms with Crippen molar-refractivity contribution in [3.63, 3.8) is 0 Å². The first kappa shape index (κ1) is 23.4. The van der Waals surface area contributed by atoms with E-state index in [1.807, 2.05) is 26.0 Å². The molecule has 0 saturated heterocycles. The highest BCUT2D eigenvalue weighted by molar-refractivity contribution is 5.94. The maximum Gasteiger partial charge on any atom is 0.241 e. The fourth-order valence-corrected chi connectivity index (χ4v) is 3.65. The molecule has 2 heterocycles. The zero-order chi connectivity index (χ0) is 17.8. The van der Waals surface area contributed by atoms with E-state index >= 15 is 0 Å². The Morgan fingerprint density at radius 3 is 2.37 bits per heavy atom. The highest BCUT2D eigenvalue weighted by atomic mass is 35.5. The minimum absolute atomic E-state index is 0. The molecule has 0 aromatic carbocycles. The zero-order valence-corrected chi connectivity index (χ0v) is 17.5. The smallest absolute Gasteiger partial charge is 0.241 e. The number of H-pyrrole nitrogens is 1. The number of hydrogen-bond donors (Lipinski definition) is 3. The molecule has 1 amide bonds. The van der Waals surface area contributed by atoms with Crippen LogP contribution in [0.5, 0.6) is 0 Å². The average molecular weight is 414 g/mol. The number of halogens is 2. The lowest BCUT2D eigenvalue weighted by Crippen LogP contribution is -2.41. The Balaban J connectivity index is 0.00000182. The topological polar surface area (TPSA) is 96.7 Å². The SMILES string of the molecule is Cc1n[nH]c(C)c1-c1ccc(NC(=O)[C@@H](N)C2CCCCCC2)cn1.Cl.Cl.